The van der Waals surface area contributed by atoms with Gasteiger partial charge >= 0.3 is 0 Å². The summed E-state index contributed by atoms with van der Waals surface area (Å²) >= 11 is 3.14. The predicted molar refractivity (Wildman–Crippen MR) is 49.4 cm³/mol. The van der Waals surface area contributed by atoms with E-state index in [1.54, 1.807) is 0 Å². The molecule has 0 bridgehead atoms. The highest BCUT2D eigenvalue weighted by atomic mass is 79.9. The van der Waals surface area contributed by atoms with E-state index >= 15 is 0 Å². The zero-order chi connectivity index (χ0) is 10.6. The number of hydrogen-bond donors (Lipinski definition) is 1. The first kappa shape index (κ1) is 11.3. The summed E-state index contributed by atoms with van der Waals surface area (Å²) in [5.41, 5.74) is 0.546. The van der Waals surface area contributed by atoms with Gasteiger partial charge in [0.2, 0.25) is 5.88 Å². The number of aromatic nitrogens is 1. The first-order chi connectivity index (χ1) is 6.63. The van der Waals surface area contributed by atoms with Gasteiger partial charge in [-0.2, -0.15) is 0 Å². The number of aliphatic hydroxyl groups is 1. The van der Waals surface area contributed by atoms with E-state index in [1.807, 2.05) is 0 Å². The topological polar surface area (TPSA) is 42.4 Å². The summed E-state index contributed by atoms with van der Waals surface area (Å²) in [6.45, 7) is -0.895. The average molecular weight is 268 g/mol. The van der Waals surface area contributed by atoms with E-state index in [2.05, 4.69) is 25.7 Å². The number of ether oxygens (including phenoxy) is 1. The van der Waals surface area contributed by atoms with Crippen LogP contribution in [0.15, 0.2) is 16.7 Å². The van der Waals surface area contributed by atoms with Crippen molar-refractivity contribution in [3.63, 3.8) is 0 Å². The Hall–Kier alpha value is -0.750. The largest absolute Gasteiger partial charge is 0.472 e. The molecule has 1 N–H and O–H groups in total. The van der Waals surface area contributed by atoms with Crippen LogP contribution in [-0.2, 0) is 6.61 Å². The molecule has 0 aliphatic rings. The standard InChI is InChI=1S/C8H8BrF2NO2/c9-6-2-12-8(1-5(6)3-13)14-4-7(10)11/h1-2,7,13H,3-4H2. The van der Waals surface area contributed by atoms with Crippen LogP contribution in [0, 0.1) is 0 Å². The molecule has 1 aromatic rings. The molecular formula is C8H8BrF2NO2. The van der Waals surface area contributed by atoms with Gasteiger partial charge in [0.05, 0.1) is 6.61 Å². The molecule has 1 rings (SSSR count). The molecule has 0 saturated carbocycles. The van der Waals surface area contributed by atoms with Crippen molar-refractivity contribution in [3.8, 4) is 5.88 Å². The third-order valence-electron chi connectivity index (χ3n) is 1.44. The Morgan fingerprint density at radius 2 is 2.29 bits per heavy atom. The predicted octanol–water partition coefficient (Wildman–Crippen LogP) is 1.98. The zero-order valence-corrected chi connectivity index (χ0v) is 8.67. The van der Waals surface area contributed by atoms with Gasteiger partial charge in [-0.3, -0.25) is 0 Å². The molecule has 0 aliphatic heterocycles. The highest BCUT2D eigenvalue weighted by Crippen LogP contribution is 2.19. The van der Waals surface area contributed by atoms with Crippen LogP contribution in [0.4, 0.5) is 8.78 Å². The summed E-state index contributed by atoms with van der Waals surface area (Å²) < 4.78 is 28.8. The lowest BCUT2D eigenvalue weighted by Gasteiger charge is -2.06. The second kappa shape index (κ2) is 5.21. The summed E-state index contributed by atoms with van der Waals surface area (Å²) in [7, 11) is 0. The lowest BCUT2D eigenvalue weighted by molar-refractivity contribution is 0.0794. The van der Waals surface area contributed by atoms with Crippen molar-refractivity contribution in [3.05, 3.63) is 22.3 Å². The van der Waals surface area contributed by atoms with E-state index < -0.39 is 13.0 Å². The number of aliphatic hydroxyl groups excluding tert-OH is 1. The Kier molecular flexibility index (Phi) is 4.21. The van der Waals surface area contributed by atoms with Gasteiger partial charge in [-0.15, -0.1) is 0 Å². The number of alkyl halides is 2. The van der Waals surface area contributed by atoms with E-state index in [9.17, 15) is 8.78 Å². The monoisotopic (exact) mass is 267 g/mol. The Morgan fingerprint density at radius 1 is 1.57 bits per heavy atom. The number of halogens is 3. The smallest absolute Gasteiger partial charge is 0.272 e. The first-order valence-electron chi connectivity index (χ1n) is 3.79. The summed E-state index contributed by atoms with van der Waals surface area (Å²) in [6.07, 6.45) is -1.13. The summed E-state index contributed by atoms with van der Waals surface area (Å²) in [5.74, 6) is 0.0811. The van der Waals surface area contributed by atoms with Gasteiger partial charge in [0.15, 0.2) is 6.61 Å². The Morgan fingerprint density at radius 3 is 2.86 bits per heavy atom. The third kappa shape index (κ3) is 3.19. The Bertz CT molecular complexity index is 309. The quantitative estimate of drug-likeness (QED) is 0.907. The van der Waals surface area contributed by atoms with Crippen LogP contribution in [0.2, 0.25) is 0 Å². The highest BCUT2D eigenvalue weighted by Gasteiger charge is 2.06. The molecule has 0 aromatic carbocycles. The average Bonchev–Trinajstić information content (AvgIpc) is 2.16. The molecule has 3 nitrogen and oxygen atoms in total. The maximum atomic E-state index is 11.8. The molecule has 78 valence electrons. The fourth-order valence-electron chi connectivity index (χ4n) is 0.807. The lowest BCUT2D eigenvalue weighted by Crippen LogP contribution is -2.08. The fraction of sp³-hybridized carbons (Fsp3) is 0.375. The van der Waals surface area contributed by atoms with Crippen LogP contribution in [0.1, 0.15) is 5.56 Å². The maximum absolute atomic E-state index is 11.8. The molecule has 6 heteroatoms. The van der Waals surface area contributed by atoms with Crippen LogP contribution in [-0.4, -0.2) is 23.1 Å². The van der Waals surface area contributed by atoms with Gasteiger partial charge in [0, 0.05) is 16.7 Å². The molecule has 0 radical (unpaired) electrons. The minimum Gasteiger partial charge on any atom is -0.472 e. The molecule has 14 heavy (non-hydrogen) atoms. The van der Waals surface area contributed by atoms with E-state index in [0.717, 1.165) is 0 Å². The molecule has 1 heterocycles. The second-order valence-electron chi connectivity index (χ2n) is 2.47. The molecule has 0 amide bonds. The first-order valence-corrected chi connectivity index (χ1v) is 4.59. The van der Waals surface area contributed by atoms with E-state index in [0.29, 0.717) is 10.0 Å². The van der Waals surface area contributed by atoms with Gasteiger partial charge in [-0.1, -0.05) is 0 Å². The van der Waals surface area contributed by atoms with E-state index in [4.69, 9.17) is 5.11 Å². The molecule has 0 fully saturated rings. The fourth-order valence-corrected chi connectivity index (χ4v) is 1.15. The van der Waals surface area contributed by atoms with Crippen molar-refractivity contribution in [2.24, 2.45) is 0 Å². The SMILES string of the molecule is OCc1cc(OCC(F)F)ncc1Br. The number of pyridine rings is 1. The molecule has 0 aliphatic carbocycles. The maximum Gasteiger partial charge on any atom is 0.272 e. The Labute approximate surface area is 87.9 Å². The minimum atomic E-state index is -2.53. The second-order valence-corrected chi connectivity index (χ2v) is 3.33. The summed E-state index contributed by atoms with van der Waals surface area (Å²) in [5, 5.41) is 8.86. The molecule has 1 aromatic heterocycles. The van der Waals surface area contributed by atoms with Crippen molar-refractivity contribution in [2.75, 3.05) is 6.61 Å². The summed E-state index contributed by atoms with van der Waals surface area (Å²) in [6, 6.07) is 1.41. The van der Waals surface area contributed by atoms with E-state index in [1.165, 1.54) is 12.3 Å². The van der Waals surface area contributed by atoms with Crippen molar-refractivity contribution in [2.45, 2.75) is 13.0 Å². The van der Waals surface area contributed by atoms with Crippen LogP contribution >= 0.6 is 15.9 Å². The van der Waals surface area contributed by atoms with Gasteiger partial charge in [0.1, 0.15) is 0 Å². The van der Waals surface area contributed by atoms with Gasteiger partial charge in [0.25, 0.3) is 6.43 Å². The Balaban J connectivity index is 2.69. The van der Waals surface area contributed by atoms with Crippen molar-refractivity contribution in [1.29, 1.82) is 0 Å². The number of rotatable bonds is 4. The van der Waals surface area contributed by atoms with Crippen LogP contribution in [0.25, 0.3) is 0 Å². The van der Waals surface area contributed by atoms with Crippen LogP contribution < -0.4 is 4.74 Å². The van der Waals surface area contributed by atoms with Crippen molar-refractivity contribution in [1.82, 2.24) is 4.98 Å². The third-order valence-corrected chi connectivity index (χ3v) is 2.15. The van der Waals surface area contributed by atoms with Gasteiger partial charge < -0.3 is 9.84 Å². The molecule has 0 unspecified atom stereocenters. The van der Waals surface area contributed by atoms with Crippen molar-refractivity contribution >= 4 is 15.9 Å². The lowest BCUT2D eigenvalue weighted by atomic mass is 10.3. The minimum absolute atomic E-state index is 0.0811. The van der Waals surface area contributed by atoms with E-state index in [-0.39, 0.29) is 12.5 Å². The molecule has 0 saturated heterocycles. The molecular weight excluding hydrogens is 260 g/mol. The molecule has 0 atom stereocenters. The van der Waals surface area contributed by atoms with Gasteiger partial charge in [-0.05, 0) is 21.5 Å². The highest BCUT2D eigenvalue weighted by molar-refractivity contribution is 9.10. The zero-order valence-electron chi connectivity index (χ0n) is 7.08. The van der Waals surface area contributed by atoms with Crippen LogP contribution in [0.5, 0.6) is 5.88 Å². The number of nitrogens with zero attached hydrogens (tertiary/aromatic N) is 1. The molecule has 0 spiro atoms. The van der Waals surface area contributed by atoms with Gasteiger partial charge in [-0.25, -0.2) is 13.8 Å². The van der Waals surface area contributed by atoms with Crippen molar-refractivity contribution < 1.29 is 18.6 Å². The number of hydrogen-bond acceptors (Lipinski definition) is 3. The normalized spacial score (nSPS) is 10.6. The van der Waals surface area contributed by atoms with Crippen LogP contribution in [0.3, 0.4) is 0 Å². The summed E-state index contributed by atoms with van der Waals surface area (Å²) in [4.78, 5) is 3.75.